The number of anilines is 1. The minimum atomic E-state index is -0.384. The maximum absolute atomic E-state index is 12.8. The molecule has 0 aromatic carbocycles. The highest BCUT2D eigenvalue weighted by Gasteiger charge is 2.35. The van der Waals surface area contributed by atoms with Gasteiger partial charge in [0.05, 0.1) is 12.5 Å². The van der Waals surface area contributed by atoms with Gasteiger partial charge >= 0.3 is 0 Å². The van der Waals surface area contributed by atoms with E-state index in [1.807, 2.05) is 11.8 Å². The average Bonchev–Trinajstić information content (AvgIpc) is 3.03. The van der Waals surface area contributed by atoms with Gasteiger partial charge < -0.3 is 15.1 Å². The molecule has 3 rings (SSSR count). The van der Waals surface area contributed by atoms with Gasteiger partial charge in [0.15, 0.2) is 5.82 Å². The standard InChI is InChI=1S/C18H30N6O3/c1-13-16(21-27-20-13)23-9-7-22(8-10-23)15(25)11-14-17(26)19-5-6-24(14)12-18(2,3)4/h14H,5-12H2,1-4H3,(H,19,26). The molecule has 0 spiro atoms. The van der Waals surface area contributed by atoms with Crippen LogP contribution in [0.25, 0.3) is 0 Å². The molecule has 1 aromatic heterocycles. The third kappa shape index (κ3) is 4.77. The predicted octanol–water partition coefficient (Wildman–Crippen LogP) is 0.263. The van der Waals surface area contributed by atoms with Crippen molar-refractivity contribution in [2.75, 3.05) is 50.7 Å². The molecule has 0 saturated carbocycles. The van der Waals surface area contributed by atoms with E-state index in [4.69, 9.17) is 4.63 Å². The predicted molar refractivity (Wildman–Crippen MR) is 100 cm³/mol. The highest BCUT2D eigenvalue weighted by atomic mass is 16.6. The Morgan fingerprint density at radius 3 is 2.48 bits per heavy atom. The van der Waals surface area contributed by atoms with Crippen LogP contribution in [0.2, 0.25) is 0 Å². The zero-order valence-corrected chi connectivity index (χ0v) is 16.7. The number of aromatic nitrogens is 2. The Hall–Kier alpha value is -2.16. The van der Waals surface area contributed by atoms with E-state index in [2.05, 4.69) is 46.2 Å². The van der Waals surface area contributed by atoms with Crippen LogP contribution in [0.3, 0.4) is 0 Å². The smallest absolute Gasteiger partial charge is 0.237 e. The second-order valence-electron chi connectivity index (χ2n) is 8.58. The summed E-state index contributed by atoms with van der Waals surface area (Å²) in [5.74, 6) is 0.734. The summed E-state index contributed by atoms with van der Waals surface area (Å²) >= 11 is 0. The Morgan fingerprint density at radius 1 is 1.19 bits per heavy atom. The maximum Gasteiger partial charge on any atom is 0.237 e. The molecular weight excluding hydrogens is 348 g/mol. The van der Waals surface area contributed by atoms with Crippen molar-refractivity contribution < 1.29 is 14.2 Å². The summed E-state index contributed by atoms with van der Waals surface area (Å²) in [6, 6.07) is -0.384. The zero-order valence-electron chi connectivity index (χ0n) is 16.7. The number of nitrogens with one attached hydrogen (secondary N) is 1. The lowest BCUT2D eigenvalue weighted by atomic mass is 9.94. The van der Waals surface area contributed by atoms with Crippen LogP contribution < -0.4 is 10.2 Å². The van der Waals surface area contributed by atoms with Crippen molar-refractivity contribution in [3.05, 3.63) is 5.69 Å². The molecule has 2 aliphatic heterocycles. The molecule has 0 radical (unpaired) electrons. The molecule has 1 aromatic rings. The lowest BCUT2D eigenvalue weighted by Gasteiger charge is -2.40. The van der Waals surface area contributed by atoms with Crippen LogP contribution in [-0.4, -0.2) is 83.8 Å². The maximum atomic E-state index is 12.8. The van der Waals surface area contributed by atoms with Crippen molar-refractivity contribution in [2.45, 2.75) is 40.2 Å². The van der Waals surface area contributed by atoms with E-state index < -0.39 is 0 Å². The molecule has 0 aliphatic carbocycles. The van der Waals surface area contributed by atoms with Crippen LogP contribution in [0.5, 0.6) is 0 Å². The molecule has 2 fully saturated rings. The minimum absolute atomic E-state index is 0.0330. The van der Waals surface area contributed by atoms with E-state index in [0.717, 1.165) is 24.6 Å². The molecule has 1 atom stereocenters. The summed E-state index contributed by atoms with van der Waals surface area (Å²) in [4.78, 5) is 31.3. The van der Waals surface area contributed by atoms with Gasteiger partial charge in [-0.05, 0) is 17.5 Å². The van der Waals surface area contributed by atoms with Gasteiger partial charge in [-0.15, -0.1) is 0 Å². The fraction of sp³-hybridized carbons (Fsp3) is 0.778. The number of aryl methyl sites for hydroxylation is 1. The number of piperazine rings is 2. The molecule has 9 heteroatoms. The van der Waals surface area contributed by atoms with Crippen LogP contribution in [0.15, 0.2) is 4.63 Å². The van der Waals surface area contributed by atoms with Gasteiger partial charge in [0.1, 0.15) is 5.69 Å². The lowest BCUT2D eigenvalue weighted by Crippen LogP contribution is -2.59. The molecule has 1 unspecified atom stereocenters. The molecule has 1 N–H and O–H groups in total. The lowest BCUT2D eigenvalue weighted by molar-refractivity contribution is -0.139. The Balaban J connectivity index is 1.57. The normalized spacial score (nSPS) is 22.1. The van der Waals surface area contributed by atoms with Crippen LogP contribution in [0.1, 0.15) is 32.9 Å². The molecule has 0 bridgehead atoms. The summed E-state index contributed by atoms with van der Waals surface area (Å²) < 4.78 is 4.76. The van der Waals surface area contributed by atoms with Crippen molar-refractivity contribution >= 4 is 17.6 Å². The molecule has 3 heterocycles. The Morgan fingerprint density at radius 2 is 1.89 bits per heavy atom. The van der Waals surface area contributed by atoms with E-state index in [9.17, 15) is 9.59 Å². The summed E-state index contributed by atoms with van der Waals surface area (Å²) in [7, 11) is 0. The summed E-state index contributed by atoms with van der Waals surface area (Å²) in [5.41, 5.74) is 0.833. The number of amides is 2. The van der Waals surface area contributed by atoms with Gasteiger partial charge in [-0.25, -0.2) is 4.63 Å². The van der Waals surface area contributed by atoms with E-state index in [1.54, 1.807) is 0 Å². The average molecular weight is 378 g/mol. The van der Waals surface area contributed by atoms with E-state index >= 15 is 0 Å². The highest BCUT2D eigenvalue weighted by molar-refractivity contribution is 5.89. The number of rotatable bonds is 4. The molecule has 9 nitrogen and oxygen atoms in total. The molecule has 27 heavy (non-hydrogen) atoms. The van der Waals surface area contributed by atoms with Crippen LogP contribution in [0.4, 0.5) is 5.82 Å². The van der Waals surface area contributed by atoms with Gasteiger partial charge in [-0.3, -0.25) is 14.5 Å². The van der Waals surface area contributed by atoms with Gasteiger partial charge in [0, 0.05) is 45.8 Å². The van der Waals surface area contributed by atoms with Crippen molar-refractivity contribution in [2.24, 2.45) is 5.41 Å². The largest absolute Gasteiger partial charge is 0.353 e. The fourth-order valence-corrected chi connectivity index (χ4v) is 3.76. The zero-order chi connectivity index (χ0) is 19.6. The third-order valence-electron chi connectivity index (χ3n) is 5.05. The molecule has 150 valence electrons. The van der Waals surface area contributed by atoms with Crippen molar-refractivity contribution in [3.8, 4) is 0 Å². The minimum Gasteiger partial charge on any atom is -0.353 e. The Labute approximate surface area is 160 Å². The van der Waals surface area contributed by atoms with Crippen molar-refractivity contribution in [3.63, 3.8) is 0 Å². The summed E-state index contributed by atoms with van der Waals surface area (Å²) in [6.07, 6.45) is 0.229. The van der Waals surface area contributed by atoms with E-state index in [-0.39, 0.29) is 29.7 Å². The monoisotopic (exact) mass is 378 g/mol. The molecule has 2 amide bonds. The van der Waals surface area contributed by atoms with Gasteiger partial charge in [-0.2, -0.15) is 0 Å². The van der Waals surface area contributed by atoms with Gasteiger partial charge in [0.25, 0.3) is 0 Å². The topological polar surface area (TPSA) is 94.8 Å². The van der Waals surface area contributed by atoms with E-state index in [0.29, 0.717) is 32.7 Å². The number of carbonyl (C=O) groups excluding carboxylic acids is 2. The first-order chi connectivity index (χ1) is 12.7. The first kappa shape index (κ1) is 19.6. The summed E-state index contributed by atoms with van der Waals surface area (Å²) in [5, 5.41) is 10.6. The highest BCUT2D eigenvalue weighted by Crippen LogP contribution is 2.21. The van der Waals surface area contributed by atoms with E-state index in [1.165, 1.54) is 0 Å². The fourth-order valence-electron chi connectivity index (χ4n) is 3.76. The molecule has 2 saturated heterocycles. The van der Waals surface area contributed by atoms with Crippen molar-refractivity contribution in [1.29, 1.82) is 0 Å². The second kappa shape index (κ2) is 7.84. The number of hydrogen-bond acceptors (Lipinski definition) is 7. The molecular formula is C18H30N6O3. The van der Waals surface area contributed by atoms with Gasteiger partial charge in [0.2, 0.25) is 11.8 Å². The van der Waals surface area contributed by atoms with Crippen molar-refractivity contribution in [1.82, 2.24) is 25.4 Å². The Bertz CT molecular complexity index is 675. The first-order valence-electron chi connectivity index (χ1n) is 9.58. The SMILES string of the molecule is Cc1nonc1N1CCN(C(=O)CC2C(=O)NCCN2CC(C)(C)C)CC1. The van der Waals surface area contributed by atoms with Crippen LogP contribution >= 0.6 is 0 Å². The number of hydrogen-bond donors (Lipinski definition) is 1. The Kier molecular flexibility index (Phi) is 5.69. The quantitative estimate of drug-likeness (QED) is 0.803. The first-order valence-corrected chi connectivity index (χ1v) is 9.58. The number of carbonyl (C=O) groups is 2. The second-order valence-corrected chi connectivity index (χ2v) is 8.58. The third-order valence-corrected chi connectivity index (χ3v) is 5.05. The molecule has 2 aliphatic rings. The number of nitrogens with zero attached hydrogens (tertiary/aromatic N) is 5. The van der Waals surface area contributed by atoms with Crippen LogP contribution in [0, 0.1) is 12.3 Å². The van der Waals surface area contributed by atoms with Crippen LogP contribution in [-0.2, 0) is 9.59 Å². The van der Waals surface area contributed by atoms with Gasteiger partial charge in [-0.1, -0.05) is 25.9 Å². The summed E-state index contributed by atoms with van der Waals surface area (Å²) in [6.45, 7) is 13.1.